The Labute approximate surface area is 207 Å². The predicted octanol–water partition coefficient (Wildman–Crippen LogP) is 9.68. The summed E-state index contributed by atoms with van der Waals surface area (Å²) in [5.41, 5.74) is 9.88. The Morgan fingerprint density at radius 1 is 0.588 bits per heavy atom. The zero-order valence-electron chi connectivity index (χ0n) is 22.5. The Morgan fingerprint density at radius 3 is 1.41 bits per heavy atom. The van der Waals surface area contributed by atoms with Gasteiger partial charge in [0.25, 0.3) is 0 Å². The van der Waals surface area contributed by atoms with Gasteiger partial charge in [-0.1, -0.05) is 122 Å². The first-order chi connectivity index (χ1) is 16.1. The number of hydrogen-bond acceptors (Lipinski definition) is 1. The third kappa shape index (κ3) is 5.78. The van der Waals surface area contributed by atoms with Crippen molar-refractivity contribution in [1.82, 2.24) is 0 Å². The molecular weight excluding hydrogens is 412 g/mol. The second kappa shape index (κ2) is 11.0. The number of benzene rings is 3. The summed E-state index contributed by atoms with van der Waals surface area (Å²) >= 11 is 0. The lowest BCUT2D eigenvalue weighted by atomic mass is 9.92. The van der Waals surface area contributed by atoms with Crippen molar-refractivity contribution < 1.29 is 0 Å². The first-order valence-corrected chi connectivity index (χ1v) is 12.8. The number of anilines is 1. The SMILES string of the molecule is Cc1ccc(C(=Nc2c(C(C)C)cccc2C(C)C)Nc2c(C(C)C)cccc2C(C)C)cc1. The highest BCUT2D eigenvalue weighted by molar-refractivity contribution is 6.10. The lowest BCUT2D eigenvalue weighted by Gasteiger charge is -2.23. The summed E-state index contributed by atoms with van der Waals surface area (Å²) in [6.45, 7) is 20.2. The molecule has 0 radical (unpaired) electrons. The van der Waals surface area contributed by atoms with E-state index in [9.17, 15) is 0 Å². The fourth-order valence-electron chi connectivity index (χ4n) is 4.44. The van der Waals surface area contributed by atoms with E-state index in [2.05, 4.69) is 128 Å². The van der Waals surface area contributed by atoms with Crippen LogP contribution >= 0.6 is 0 Å². The summed E-state index contributed by atoms with van der Waals surface area (Å²) in [6, 6.07) is 22.0. The monoisotopic (exact) mass is 454 g/mol. The molecule has 3 aromatic rings. The van der Waals surface area contributed by atoms with E-state index in [1.165, 1.54) is 33.5 Å². The van der Waals surface area contributed by atoms with Gasteiger partial charge < -0.3 is 5.32 Å². The highest BCUT2D eigenvalue weighted by Crippen LogP contribution is 2.37. The molecule has 3 aromatic carbocycles. The number of nitrogens with zero attached hydrogens (tertiary/aromatic N) is 1. The second-order valence-corrected chi connectivity index (χ2v) is 10.7. The predicted molar refractivity (Wildman–Crippen MR) is 150 cm³/mol. The molecule has 0 aromatic heterocycles. The minimum absolute atomic E-state index is 0.394. The Morgan fingerprint density at radius 2 is 1.00 bits per heavy atom. The quantitative estimate of drug-likeness (QED) is 0.279. The summed E-state index contributed by atoms with van der Waals surface area (Å²) < 4.78 is 0. The third-order valence-corrected chi connectivity index (χ3v) is 6.51. The van der Waals surface area contributed by atoms with Gasteiger partial charge in [-0.15, -0.1) is 0 Å². The Hall–Kier alpha value is -2.87. The van der Waals surface area contributed by atoms with Crippen LogP contribution in [0.4, 0.5) is 11.4 Å². The number of aryl methyl sites for hydroxylation is 1. The summed E-state index contributed by atoms with van der Waals surface area (Å²) in [7, 11) is 0. The number of hydrogen-bond donors (Lipinski definition) is 1. The maximum atomic E-state index is 5.40. The smallest absolute Gasteiger partial charge is 0.138 e. The zero-order chi connectivity index (χ0) is 25.0. The van der Waals surface area contributed by atoms with E-state index in [1.807, 2.05) is 0 Å². The molecule has 1 N–H and O–H groups in total. The number of rotatable bonds is 7. The summed E-state index contributed by atoms with van der Waals surface area (Å²) in [5.74, 6) is 2.52. The van der Waals surface area contributed by atoms with Gasteiger partial charge in [0.15, 0.2) is 0 Å². The fourth-order valence-corrected chi connectivity index (χ4v) is 4.44. The average molecular weight is 455 g/mol. The summed E-state index contributed by atoms with van der Waals surface area (Å²) in [6.07, 6.45) is 0. The van der Waals surface area contributed by atoms with Crippen LogP contribution in [-0.2, 0) is 0 Å². The van der Waals surface area contributed by atoms with Gasteiger partial charge in [-0.3, -0.25) is 0 Å². The molecular formula is C32H42N2. The van der Waals surface area contributed by atoms with Gasteiger partial charge in [0.2, 0.25) is 0 Å². The van der Waals surface area contributed by atoms with Crippen LogP contribution in [-0.4, -0.2) is 5.84 Å². The van der Waals surface area contributed by atoms with Gasteiger partial charge >= 0.3 is 0 Å². The third-order valence-electron chi connectivity index (χ3n) is 6.51. The molecule has 180 valence electrons. The van der Waals surface area contributed by atoms with E-state index in [0.29, 0.717) is 23.7 Å². The van der Waals surface area contributed by atoms with Crippen LogP contribution in [0.3, 0.4) is 0 Å². The molecule has 3 rings (SSSR count). The lowest BCUT2D eigenvalue weighted by molar-refractivity contribution is 0.834. The van der Waals surface area contributed by atoms with Gasteiger partial charge in [0.05, 0.1) is 5.69 Å². The Kier molecular flexibility index (Phi) is 8.36. The average Bonchev–Trinajstić information content (AvgIpc) is 2.78. The van der Waals surface area contributed by atoms with Crippen molar-refractivity contribution in [3.8, 4) is 0 Å². The molecule has 0 fully saturated rings. The maximum absolute atomic E-state index is 5.40. The van der Waals surface area contributed by atoms with E-state index in [4.69, 9.17) is 4.99 Å². The molecule has 0 spiro atoms. The van der Waals surface area contributed by atoms with Gasteiger partial charge in [-0.25, -0.2) is 4.99 Å². The van der Waals surface area contributed by atoms with Crippen molar-refractivity contribution in [3.63, 3.8) is 0 Å². The fraction of sp³-hybridized carbons (Fsp3) is 0.406. The lowest BCUT2D eigenvalue weighted by Crippen LogP contribution is -2.17. The molecule has 2 heteroatoms. The highest BCUT2D eigenvalue weighted by atomic mass is 15.0. The van der Waals surface area contributed by atoms with Crippen LogP contribution in [0.15, 0.2) is 65.7 Å². The van der Waals surface area contributed by atoms with Crippen LogP contribution in [0.25, 0.3) is 0 Å². The minimum Gasteiger partial charge on any atom is -0.339 e. The molecule has 0 heterocycles. The molecule has 0 aliphatic carbocycles. The molecule has 0 unspecified atom stereocenters. The molecule has 34 heavy (non-hydrogen) atoms. The number of para-hydroxylation sites is 2. The summed E-state index contributed by atoms with van der Waals surface area (Å²) in [5, 5.41) is 3.85. The zero-order valence-corrected chi connectivity index (χ0v) is 22.5. The van der Waals surface area contributed by atoms with Crippen molar-refractivity contribution in [2.45, 2.75) is 86.0 Å². The summed E-state index contributed by atoms with van der Waals surface area (Å²) in [4.78, 5) is 5.40. The van der Waals surface area contributed by atoms with E-state index >= 15 is 0 Å². The topological polar surface area (TPSA) is 24.4 Å². The van der Waals surface area contributed by atoms with E-state index in [-0.39, 0.29) is 0 Å². The number of amidine groups is 1. The standard InChI is InChI=1S/C32H42N2/c1-20(2)26-12-10-13-27(21(3)4)30(26)33-32(25-18-16-24(9)17-19-25)34-31-28(22(5)6)14-11-15-29(31)23(7)8/h10-23H,1-9H3,(H,33,34). The molecule has 0 saturated heterocycles. The van der Waals surface area contributed by atoms with E-state index < -0.39 is 0 Å². The Balaban J connectivity index is 2.29. The second-order valence-electron chi connectivity index (χ2n) is 10.7. The van der Waals surface area contributed by atoms with E-state index in [1.54, 1.807) is 0 Å². The first-order valence-electron chi connectivity index (χ1n) is 12.8. The number of aliphatic imine (C=N–C) groups is 1. The molecule has 0 saturated carbocycles. The molecule has 2 nitrogen and oxygen atoms in total. The van der Waals surface area contributed by atoms with Crippen molar-refractivity contribution >= 4 is 17.2 Å². The molecule has 0 aliphatic heterocycles. The first kappa shape index (κ1) is 25.7. The maximum Gasteiger partial charge on any atom is 0.138 e. The van der Waals surface area contributed by atoms with E-state index in [0.717, 1.165) is 17.1 Å². The van der Waals surface area contributed by atoms with Gasteiger partial charge in [-0.2, -0.15) is 0 Å². The van der Waals surface area contributed by atoms with Crippen LogP contribution in [0.2, 0.25) is 0 Å². The highest BCUT2D eigenvalue weighted by Gasteiger charge is 2.19. The van der Waals surface area contributed by atoms with Crippen molar-refractivity contribution in [1.29, 1.82) is 0 Å². The molecule has 0 amide bonds. The minimum atomic E-state index is 0.394. The Bertz CT molecular complexity index is 1080. The molecule has 0 aliphatic rings. The molecule has 0 bridgehead atoms. The largest absolute Gasteiger partial charge is 0.339 e. The van der Waals surface area contributed by atoms with Gasteiger partial charge in [0.1, 0.15) is 5.84 Å². The van der Waals surface area contributed by atoms with Crippen LogP contribution in [0, 0.1) is 6.92 Å². The van der Waals surface area contributed by atoms with Crippen LogP contribution < -0.4 is 5.32 Å². The normalized spacial score (nSPS) is 12.3. The molecule has 0 atom stereocenters. The van der Waals surface area contributed by atoms with Crippen LogP contribution in [0.1, 0.15) is 112 Å². The number of nitrogens with one attached hydrogen (secondary N) is 1. The van der Waals surface area contributed by atoms with Gasteiger partial charge in [0, 0.05) is 11.3 Å². The van der Waals surface area contributed by atoms with Gasteiger partial charge in [-0.05, 0) is 52.8 Å². The van der Waals surface area contributed by atoms with Crippen molar-refractivity contribution in [3.05, 3.63) is 94.0 Å². The van der Waals surface area contributed by atoms with Crippen molar-refractivity contribution in [2.24, 2.45) is 4.99 Å². The van der Waals surface area contributed by atoms with Crippen LogP contribution in [0.5, 0.6) is 0 Å². The van der Waals surface area contributed by atoms with Crippen molar-refractivity contribution in [2.75, 3.05) is 5.32 Å².